The zero-order valence-electron chi connectivity index (χ0n) is 11.9. The molecular formula is C16H22FNO2. The zero-order chi connectivity index (χ0) is 14.5. The summed E-state index contributed by atoms with van der Waals surface area (Å²) in [6, 6.07) is 4.71. The highest BCUT2D eigenvalue weighted by atomic mass is 19.1. The Morgan fingerprint density at radius 2 is 2.05 bits per heavy atom. The molecule has 0 spiro atoms. The summed E-state index contributed by atoms with van der Waals surface area (Å²) in [6.07, 6.45) is 5.27. The quantitative estimate of drug-likeness (QED) is 0.920. The Morgan fingerprint density at radius 3 is 2.70 bits per heavy atom. The first-order chi connectivity index (χ1) is 9.63. The molecule has 0 heterocycles. The lowest BCUT2D eigenvalue weighted by atomic mass is 9.93. The van der Waals surface area contributed by atoms with Gasteiger partial charge in [0.05, 0.1) is 12.2 Å². The molecule has 1 aliphatic carbocycles. The van der Waals surface area contributed by atoms with Gasteiger partial charge in [0.25, 0.3) is 5.91 Å². The highest BCUT2D eigenvalue weighted by molar-refractivity contribution is 5.95. The normalized spacial score (nSPS) is 16.1. The molecule has 0 bridgehead atoms. The van der Waals surface area contributed by atoms with Crippen molar-refractivity contribution in [2.45, 2.75) is 45.1 Å². The number of hydrogen-bond donors (Lipinski definition) is 1. The maximum absolute atomic E-state index is 13.9. The lowest BCUT2D eigenvalue weighted by Crippen LogP contribution is -2.43. The number of carbonyl (C=O) groups excluding carboxylic acids is 1. The molecule has 1 N–H and O–H groups in total. The predicted molar refractivity (Wildman–Crippen MR) is 76.1 cm³/mol. The second-order valence-electron chi connectivity index (χ2n) is 5.50. The van der Waals surface area contributed by atoms with Crippen molar-refractivity contribution in [2.24, 2.45) is 0 Å². The van der Waals surface area contributed by atoms with Crippen molar-refractivity contribution in [3.8, 4) is 0 Å². The fourth-order valence-corrected chi connectivity index (χ4v) is 2.91. The molecule has 0 atom stereocenters. The van der Waals surface area contributed by atoms with Crippen LogP contribution in [0.5, 0.6) is 0 Å². The van der Waals surface area contributed by atoms with Crippen LogP contribution in [0.15, 0.2) is 18.2 Å². The van der Waals surface area contributed by atoms with Crippen LogP contribution in [-0.4, -0.2) is 35.1 Å². The first kappa shape index (κ1) is 15.0. The standard InChI is InChI=1S/C16H22FNO2/c1-12-7-8-15(17)14(11-12)16(20)18(9-10-19)13-5-3-2-4-6-13/h7-8,11,13,19H,2-6,9-10H2,1H3. The van der Waals surface area contributed by atoms with Crippen molar-refractivity contribution in [3.05, 3.63) is 35.1 Å². The Balaban J connectivity index is 2.23. The third-order valence-corrected chi connectivity index (χ3v) is 3.97. The Kier molecular flexibility index (Phi) is 5.12. The first-order valence-corrected chi connectivity index (χ1v) is 7.31. The second kappa shape index (κ2) is 6.84. The summed E-state index contributed by atoms with van der Waals surface area (Å²) >= 11 is 0. The van der Waals surface area contributed by atoms with Gasteiger partial charge in [-0.25, -0.2) is 4.39 Å². The van der Waals surface area contributed by atoms with Gasteiger partial charge in [0.2, 0.25) is 0 Å². The molecule has 0 radical (unpaired) electrons. The van der Waals surface area contributed by atoms with E-state index in [1.54, 1.807) is 17.0 Å². The van der Waals surface area contributed by atoms with Crippen LogP contribution in [0.25, 0.3) is 0 Å². The van der Waals surface area contributed by atoms with E-state index in [1.807, 2.05) is 6.92 Å². The molecular weight excluding hydrogens is 257 g/mol. The van der Waals surface area contributed by atoms with Crippen LogP contribution in [0.1, 0.15) is 48.0 Å². The Hall–Kier alpha value is -1.42. The smallest absolute Gasteiger partial charge is 0.257 e. The van der Waals surface area contributed by atoms with Gasteiger partial charge < -0.3 is 10.0 Å². The average molecular weight is 279 g/mol. The van der Waals surface area contributed by atoms with Gasteiger partial charge in [-0.1, -0.05) is 30.9 Å². The highest BCUT2D eigenvalue weighted by Gasteiger charge is 2.27. The number of aryl methyl sites for hydroxylation is 1. The maximum Gasteiger partial charge on any atom is 0.257 e. The van der Waals surface area contributed by atoms with Crippen LogP contribution in [0.3, 0.4) is 0 Å². The second-order valence-corrected chi connectivity index (χ2v) is 5.50. The first-order valence-electron chi connectivity index (χ1n) is 7.31. The fraction of sp³-hybridized carbons (Fsp3) is 0.562. The number of aliphatic hydroxyl groups excluding tert-OH is 1. The average Bonchev–Trinajstić information content (AvgIpc) is 2.47. The molecule has 0 unspecified atom stereocenters. The van der Waals surface area contributed by atoms with Crippen LogP contribution in [0, 0.1) is 12.7 Å². The number of rotatable bonds is 4. The van der Waals surface area contributed by atoms with Gasteiger partial charge in [0.1, 0.15) is 5.82 Å². The van der Waals surface area contributed by atoms with Crippen LogP contribution in [0.4, 0.5) is 4.39 Å². The summed E-state index contributed by atoms with van der Waals surface area (Å²) in [7, 11) is 0. The third-order valence-electron chi connectivity index (χ3n) is 3.97. The maximum atomic E-state index is 13.9. The summed E-state index contributed by atoms with van der Waals surface area (Å²) in [5.74, 6) is -0.786. The van der Waals surface area contributed by atoms with Gasteiger partial charge in [0, 0.05) is 12.6 Å². The predicted octanol–water partition coefficient (Wildman–Crippen LogP) is 2.90. The van der Waals surface area contributed by atoms with E-state index in [0.717, 1.165) is 31.2 Å². The van der Waals surface area contributed by atoms with Gasteiger partial charge in [-0.3, -0.25) is 4.79 Å². The topological polar surface area (TPSA) is 40.5 Å². The van der Waals surface area contributed by atoms with Crippen molar-refractivity contribution in [2.75, 3.05) is 13.2 Å². The molecule has 110 valence electrons. The Morgan fingerprint density at radius 1 is 1.35 bits per heavy atom. The lowest BCUT2D eigenvalue weighted by Gasteiger charge is -2.34. The molecule has 1 amide bonds. The number of amides is 1. The number of benzene rings is 1. The molecule has 0 saturated heterocycles. The van der Waals surface area contributed by atoms with E-state index in [9.17, 15) is 14.3 Å². The van der Waals surface area contributed by atoms with Gasteiger partial charge in [0.15, 0.2) is 0 Å². The number of nitrogens with zero attached hydrogens (tertiary/aromatic N) is 1. The van der Waals surface area contributed by atoms with Gasteiger partial charge in [-0.2, -0.15) is 0 Å². The van der Waals surface area contributed by atoms with E-state index in [4.69, 9.17) is 0 Å². The summed E-state index contributed by atoms with van der Waals surface area (Å²) in [5, 5.41) is 9.20. The molecule has 3 nitrogen and oxygen atoms in total. The minimum atomic E-state index is -0.487. The van der Waals surface area contributed by atoms with E-state index < -0.39 is 5.82 Å². The monoisotopic (exact) mass is 279 g/mol. The van der Waals surface area contributed by atoms with Crippen LogP contribution >= 0.6 is 0 Å². The van der Waals surface area contributed by atoms with Crippen molar-refractivity contribution < 1.29 is 14.3 Å². The van der Waals surface area contributed by atoms with Gasteiger partial charge in [-0.15, -0.1) is 0 Å². The molecule has 0 aliphatic heterocycles. The molecule has 4 heteroatoms. The molecule has 1 saturated carbocycles. The molecule has 1 aromatic carbocycles. The summed E-state index contributed by atoms with van der Waals surface area (Å²) < 4.78 is 13.9. The third kappa shape index (κ3) is 3.37. The minimum Gasteiger partial charge on any atom is -0.395 e. The van der Waals surface area contributed by atoms with E-state index >= 15 is 0 Å². The van der Waals surface area contributed by atoms with E-state index in [-0.39, 0.29) is 30.7 Å². The molecule has 20 heavy (non-hydrogen) atoms. The summed E-state index contributed by atoms with van der Waals surface area (Å²) in [5.41, 5.74) is 0.978. The van der Waals surface area contributed by atoms with Gasteiger partial charge >= 0.3 is 0 Å². The number of halogens is 1. The number of hydrogen-bond acceptors (Lipinski definition) is 2. The van der Waals surface area contributed by atoms with Crippen LogP contribution in [0.2, 0.25) is 0 Å². The SMILES string of the molecule is Cc1ccc(F)c(C(=O)N(CCO)C2CCCCC2)c1. The van der Waals surface area contributed by atoms with Crippen molar-refractivity contribution in [1.82, 2.24) is 4.90 Å². The van der Waals surface area contributed by atoms with Crippen LogP contribution < -0.4 is 0 Å². The van der Waals surface area contributed by atoms with Crippen LogP contribution in [-0.2, 0) is 0 Å². The molecule has 1 aliphatic rings. The van der Waals surface area contributed by atoms with Gasteiger partial charge in [-0.05, 0) is 31.9 Å². The highest BCUT2D eigenvalue weighted by Crippen LogP contribution is 2.24. The Labute approximate surface area is 119 Å². The molecule has 1 aromatic rings. The van der Waals surface area contributed by atoms with Crippen molar-refractivity contribution >= 4 is 5.91 Å². The zero-order valence-corrected chi connectivity index (χ0v) is 11.9. The molecule has 2 rings (SSSR count). The lowest BCUT2D eigenvalue weighted by molar-refractivity contribution is 0.0580. The van der Waals surface area contributed by atoms with E-state index in [2.05, 4.69) is 0 Å². The number of aliphatic hydroxyl groups is 1. The summed E-state index contributed by atoms with van der Waals surface area (Å²) in [6.45, 7) is 2.03. The fourth-order valence-electron chi connectivity index (χ4n) is 2.91. The van der Waals surface area contributed by atoms with Crippen molar-refractivity contribution in [1.29, 1.82) is 0 Å². The Bertz CT molecular complexity index is 470. The summed E-state index contributed by atoms with van der Waals surface area (Å²) in [4.78, 5) is 14.2. The largest absolute Gasteiger partial charge is 0.395 e. The molecule has 1 fully saturated rings. The van der Waals surface area contributed by atoms with E-state index in [0.29, 0.717) is 0 Å². The molecule has 0 aromatic heterocycles. The minimum absolute atomic E-state index is 0.0876. The van der Waals surface area contributed by atoms with E-state index in [1.165, 1.54) is 12.5 Å². The number of carbonyl (C=O) groups is 1. The van der Waals surface area contributed by atoms with Crippen molar-refractivity contribution in [3.63, 3.8) is 0 Å².